The van der Waals surface area contributed by atoms with Gasteiger partial charge in [-0.15, -0.1) is 0 Å². The first-order valence-electron chi connectivity index (χ1n) is 12.9. The van der Waals surface area contributed by atoms with Crippen LogP contribution in [-0.2, 0) is 11.3 Å². The van der Waals surface area contributed by atoms with Crippen molar-refractivity contribution in [3.8, 4) is 22.5 Å². The smallest absolute Gasteiger partial charge is 0.225 e. The van der Waals surface area contributed by atoms with E-state index in [1.807, 2.05) is 42.5 Å². The number of anilines is 1. The summed E-state index contributed by atoms with van der Waals surface area (Å²) in [7, 11) is 0. The minimum absolute atomic E-state index is 0.00537. The lowest BCUT2D eigenvalue weighted by molar-refractivity contribution is -0.115. The zero-order valence-corrected chi connectivity index (χ0v) is 22.0. The number of aryl methyl sites for hydroxylation is 1. The summed E-state index contributed by atoms with van der Waals surface area (Å²) in [6.07, 6.45) is 0.390. The normalized spacial score (nSPS) is 11.3. The van der Waals surface area contributed by atoms with E-state index in [9.17, 15) is 4.79 Å². The van der Waals surface area contributed by atoms with Crippen molar-refractivity contribution in [2.75, 3.05) is 11.1 Å². The number of rotatable bonds is 8. The average Bonchev–Trinajstić information content (AvgIpc) is 3.53. The average molecular weight is 517 g/mol. The van der Waals surface area contributed by atoms with Crippen molar-refractivity contribution >= 4 is 45.2 Å². The molecule has 0 saturated carbocycles. The molecule has 2 heterocycles. The molecule has 5 nitrogen and oxygen atoms in total. The molecule has 0 spiro atoms. The maximum Gasteiger partial charge on any atom is 0.225 e. The Bertz CT molecular complexity index is 1660. The molecule has 0 atom stereocenters. The minimum atomic E-state index is -0.00537. The number of hydrogen-bond donors (Lipinski definition) is 2. The number of aromatic nitrogens is 3. The molecule has 6 aromatic rings. The zero-order valence-electron chi connectivity index (χ0n) is 21.1. The quantitative estimate of drug-likeness (QED) is 0.202. The van der Waals surface area contributed by atoms with E-state index in [0.717, 1.165) is 45.3 Å². The number of thioether (sulfide) groups is 1. The predicted molar refractivity (Wildman–Crippen MR) is 159 cm³/mol. The number of nitrogens with one attached hydrogen (secondary N) is 2. The first-order valence-corrected chi connectivity index (χ1v) is 13.8. The molecule has 0 aliphatic heterocycles. The van der Waals surface area contributed by atoms with Crippen LogP contribution in [0, 0.1) is 0 Å². The number of benzene rings is 4. The van der Waals surface area contributed by atoms with Crippen LogP contribution in [-0.4, -0.2) is 26.2 Å². The van der Waals surface area contributed by atoms with Gasteiger partial charge in [-0.2, -0.15) is 0 Å². The highest BCUT2D eigenvalue weighted by Gasteiger charge is 2.15. The second-order valence-corrected chi connectivity index (χ2v) is 10.2. The summed E-state index contributed by atoms with van der Waals surface area (Å²) in [5, 5.41) is 6.26. The van der Waals surface area contributed by atoms with Gasteiger partial charge in [-0.3, -0.25) is 4.79 Å². The Morgan fingerprint density at radius 1 is 0.842 bits per heavy atom. The lowest BCUT2D eigenvalue weighted by atomic mass is 10.1. The maximum atomic E-state index is 12.8. The molecule has 6 rings (SSSR count). The van der Waals surface area contributed by atoms with E-state index in [1.165, 1.54) is 16.4 Å². The van der Waals surface area contributed by atoms with Crippen LogP contribution in [0.3, 0.4) is 0 Å². The van der Waals surface area contributed by atoms with E-state index in [4.69, 9.17) is 4.98 Å². The van der Waals surface area contributed by atoms with Crippen molar-refractivity contribution in [1.82, 2.24) is 14.5 Å². The molecule has 0 aliphatic rings. The van der Waals surface area contributed by atoms with E-state index in [2.05, 4.69) is 82.5 Å². The molecular weight excluding hydrogens is 488 g/mol. The van der Waals surface area contributed by atoms with E-state index in [1.54, 1.807) is 11.8 Å². The molecule has 2 aromatic heterocycles. The van der Waals surface area contributed by atoms with Gasteiger partial charge in [0.05, 0.1) is 11.4 Å². The number of nitrogens with zero attached hydrogens (tertiary/aromatic N) is 2. The van der Waals surface area contributed by atoms with Crippen molar-refractivity contribution in [2.24, 2.45) is 0 Å². The summed E-state index contributed by atoms with van der Waals surface area (Å²) < 4.78 is 2.31. The number of H-pyrrole nitrogens is 1. The van der Waals surface area contributed by atoms with Crippen LogP contribution >= 0.6 is 11.8 Å². The SMILES string of the molecule is CCn1c2ccccc2c2cc(NC(=O)CCSc3nc(-c4ccccc4)c(-c4ccccc4)[nH]3)ccc21. The van der Waals surface area contributed by atoms with Gasteiger partial charge in [-0.05, 0) is 31.2 Å². The molecule has 2 N–H and O–H groups in total. The Hall–Kier alpha value is -4.29. The van der Waals surface area contributed by atoms with E-state index >= 15 is 0 Å². The summed E-state index contributed by atoms with van der Waals surface area (Å²) in [6, 6.07) is 35.0. The first kappa shape index (κ1) is 24.1. The molecule has 0 unspecified atom stereocenters. The lowest BCUT2D eigenvalue weighted by Crippen LogP contribution is -2.12. The van der Waals surface area contributed by atoms with Crippen LogP contribution in [0.25, 0.3) is 44.3 Å². The number of carbonyl (C=O) groups excluding carboxylic acids is 1. The Kier molecular flexibility index (Phi) is 6.71. The van der Waals surface area contributed by atoms with E-state index in [0.29, 0.717) is 12.2 Å². The van der Waals surface area contributed by atoms with Gasteiger partial charge in [0, 0.05) is 57.3 Å². The predicted octanol–water partition coefficient (Wildman–Crippen LogP) is 7.99. The Balaban J connectivity index is 1.16. The summed E-state index contributed by atoms with van der Waals surface area (Å²) in [5.41, 5.74) is 7.28. The topological polar surface area (TPSA) is 62.7 Å². The van der Waals surface area contributed by atoms with Crippen LogP contribution in [0.5, 0.6) is 0 Å². The van der Waals surface area contributed by atoms with Crippen LogP contribution in [0.15, 0.2) is 108 Å². The number of fused-ring (bicyclic) bond motifs is 3. The lowest BCUT2D eigenvalue weighted by Gasteiger charge is -2.06. The standard InChI is InChI=1S/C32H28N4OS/c1-2-36-27-16-10-9-15-25(27)26-21-24(17-18-28(26)36)33-29(37)19-20-38-32-34-30(22-11-5-3-6-12-22)31(35-32)23-13-7-4-8-14-23/h3-18,21H,2,19-20H2,1H3,(H,33,37)(H,34,35). The van der Waals surface area contributed by atoms with Crippen molar-refractivity contribution in [1.29, 1.82) is 0 Å². The van der Waals surface area contributed by atoms with Crippen LogP contribution < -0.4 is 5.32 Å². The van der Waals surface area contributed by atoms with Crippen LogP contribution in [0.1, 0.15) is 13.3 Å². The van der Waals surface area contributed by atoms with Gasteiger partial charge in [-0.25, -0.2) is 4.98 Å². The molecule has 188 valence electrons. The minimum Gasteiger partial charge on any atom is -0.341 e. The van der Waals surface area contributed by atoms with Crippen molar-refractivity contribution in [3.63, 3.8) is 0 Å². The second-order valence-electron chi connectivity index (χ2n) is 9.14. The molecule has 1 amide bonds. The highest BCUT2D eigenvalue weighted by molar-refractivity contribution is 7.99. The van der Waals surface area contributed by atoms with Crippen molar-refractivity contribution in [3.05, 3.63) is 103 Å². The van der Waals surface area contributed by atoms with Gasteiger partial charge < -0.3 is 14.9 Å². The fourth-order valence-electron chi connectivity index (χ4n) is 4.97. The molecular formula is C32H28N4OS. The van der Waals surface area contributed by atoms with Gasteiger partial charge in [0.15, 0.2) is 5.16 Å². The second kappa shape index (κ2) is 10.6. The number of imidazole rings is 1. The third-order valence-corrected chi connectivity index (χ3v) is 7.61. The highest BCUT2D eigenvalue weighted by atomic mass is 32.2. The first-order chi connectivity index (χ1) is 18.7. The van der Waals surface area contributed by atoms with Crippen LogP contribution in [0.2, 0.25) is 0 Å². The Morgan fingerprint density at radius 2 is 1.53 bits per heavy atom. The summed E-state index contributed by atoms with van der Waals surface area (Å²) in [6.45, 7) is 3.06. The number of para-hydroxylation sites is 1. The number of carbonyl (C=O) groups is 1. The van der Waals surface area contributed by atoms with Gasteiger partial charge >= 0.3 is 0 Å². The Morgan fingerprint density at radius 3 is 2.29 bits per heavy atom. The third-order valence-electron chi connectivity index (χ3n) is 6.73. The number of hydrogen-bond acceptors (Lipinski definition) is 3. The molecule has 0 aliphatic carbocycles. The molecule has 4 aromatic carbocycles. The monoisotopic (exact) mass is 516 g/mol. The Labute approximate surface area is 225 Å². The molecule has 6 heteroatoms. The van der Waals surface area contributed by atoms with Gasteiger partial charge in [-0.1, -0.05) is 90.6 Å². The van der Waals surface area contributed by atoms with Gasteiger partial charge in [0.2, 0.25) is 5.91 Å². The number of amides is 1. The third kappa shape index (κ3) is 4.71. The largest absolute Gasteiger partial charge is 0.341 e. The van der Waals surface area contributed by atoms with Crippen LogP contribution in [0.4, 0.5) is 5.69 Å². The van der Waals surface area contributed by atoms with Crippen molar-refractivity contribution in [2.45, 2.75) is 25.0 Å². The van der Waals surface area contributed by atoms with E-state index < -0.39 is 0 Å². The number of aromatic amines is 1. The molecule has 0 fully saturated rings. The van der Waals surface area contributed by atoms with E-state index in [-0.39, 0.29) is 5.91 Å². The fraction of sp³-hybridized carbons (Fsp3) is 0.125. The summed E-state index contributed by atoms with van der Waals surface area (Å²) in [4.78, 5) is 21.2. The molecule has 0 radical (unpaired) electrons. The maximum absolute atomic E-state index is 12.8. The summed E-state index contributed by atoms with van der Waals surface area (Å²) >= 11 is 1.56. The molecule has 0 saturated heterocycles. The van der Waals surface area contributed by atoms with Crippen molar-refractivity contribution < 1.29 is 4.79 Å². The fourth-order valence-corrected chi connectivity index (χ4v) is 5.79. The molecule has 38 heavy (non-hydrogen) atoms. The van der Waals surface area contributed by atoms with Gasteiger partial charge in [0.1, 0.15) is 0 Å². The zero-order chi connectivity index (χ0) is 25.9. The molecule has 0 bridgehead atoms. The summed E-state index contributed by atoms with van der Waals surface area (Å²) in [5.74, 6) is 0.619. The highest BCUT2D eigenvalue weighted by Crippen LogP contribution is 2.33. The van der Waals surface area contributed by atoms with Gasteiger partial charge in [0.25, 0.3) is 0 Å².